The minimum atomic E-state index is -0.338. The van der Waals surface area contributed by atoms with Crippen molar-refractivity contribution in [3.63, 3.8) is 0 Å². The molecular formula is C14H14BrNO. The number of nitrogens with zero attached hydrogens (tertiary/aromatic N) is 1. The fourth-order valence-corrected chi connectivity index (χ4v) is 2.66. The molecule has 0 N–H and O–H groups in total. The van der Waals surface area contributed by atoms with Crippen molar-refractivity contribution in [3.8, 4) is 0 Å². The molecule has 0 unspecified atom stereocenters. The lowest BCUT2D eigenvalue weighted by molar-refractivity contribution is 0.256. The first-order valence-corrected chi connectivity index (χ1v) is 6.43. The molecule has 0 aliphatic heterocycles. The van der Waals surface area contributed by atoms with E-state index >= 15 is 0 Å². The minimum Gasteiger partial charge on any atom is -0.211 e. The van der Waals surface area contributed by atoms with Crippen molar-refractivity contribution < 1.29 is 4.79 Å². The Kier molecular flexibility index (Phi) is 3.32. The molecule has 1 aliphatic rings. The van der Waals surface area contributed by atoms with Gasteiger partial charge in [-0.05, 0) is 55.5 Å². The van der Waals surface area contributed by atoms with Gasteiger partial charge in [-0.25, -0.2) is 4.79 Å². The van der Waals surface area contributed by atoms with Crippen molar-refractivity contribution in [3.05, 3.63) is 40.4 Å². The molecule has 1 fully saturated rings. The standard InChI is InChI=1S/C14H14BrNO/c1-10(2)11-6-12(8-13(15)7-11)14(16-9-17)4-3-5-14/h6-8H,1,3-5H2,2H3. The van der Waals surface area contributed by atoms with Crippen LogP contribution in [0.2, 0.25) is 0 Å². The molecule has 0 amide bonds. The second-order valence-electron chi connectivity index (χ2n) is 4.60. The van der Waals surface area contributed by atoms with Crippen LogP contribution < -0.4 is 0 Å². The zero-order chi connectivity index (χ0) is 12.5. The van der Waals surface area contributed by atoms with E-state index in [0.29, 0.717) is 0 Å². The van der Waals surface area contributed by atoms with E-state index in [1.54, 1.807) is 6.08 Å². The van der Waals surface area contributed by atoms with E-state index in [2.05, 4.69) is 33.6 Å². The third-order valence-electron chi connectivity index (χ3n) is 3.37. The number of carbonyl (C=O) groups excluding carboxylic acids is 1. The molecule has 0 bridgehead atoms. The summed E-state index contributed by atoms with van der Waals surface area (Å²) in [7, 11) is 0. The maximum absolute atomic E-state index is 10.6. The van der Waals surface area contributed by atoms with Crippen molar-refractivity contribution >= 4 is 27.6 Å². The van der Waals surface area contributed by atoms with E-state index in [0.717, 1.165) is 40.4 Å². The average molecular weight is 292 g/mol. The molecule has 1 aliphatic carbocycles. The van der Waals surface area contributed by atoms with Gasteiger partial charge >= 0.3 is 0 Å². The van der Waals surface area contributed by atoms with Gasteiger partial charge < -0.3 is 0 Å². The molecule has 1 saturated carbocycles. The number of allylic oxidation sites excluding steroid dienone is 1. The second kappa shape index (κ2) is 4.59. The zero-order valence-electron chi connectivity index (χ0n) is 9.79. The summed E-state index contributed by atoms with van der Waals surface area (Å²) >= 11 is 3.50. The highest BCUT2D eigenvalue weighted by molar-refractivity contribution is 9.10. The van der Waals surface area contributed by atoms with E-state index in [-0.39, 0.29) is 5.54 Å². The predicted octanol–water partition coefficient (Wildman–Crippen LogP) is 4.20. The Balaban J connectivity index is 2.51. The van der Waals surface area contributed by atoms with Crippen LogP contribution in [0.5, 0.6) is 0 Å². The average Bonchev–Trinajstić information content (AvgIpc) is 2.22. The van der Waals surface area contributed by atoms with Gasteiger partial charge in [-0.3, -0.25) is 0 Å². The van der Waals surface area contributed by atoms with Gasteiger partial charge in [0.1, 0.15) is 0 Å². The molecule has 0 radical (unpaired) electrons. The third kappa shape index (κ3) is 2.26. The Morgan fingerprint density at radius 2 is 2.18 bits per heavy atom. The van der Waals surface area contributed by atoms with Crippen LogP contribution in [0.1, 0.15) is 37.3 Å². The molecule has 17 heavy (non-hydrogen) atoms. The molecule has 88 valence electrons. The Morgan fingerprint density at radius 1 is 1.47 bits per heavy atom. The molecule has 1 aromatic carbocycles. The van der Waals surface area contributed by atoms with Gasteiger partial charge in [0.2, 0.25) is 6.08 Å². The summed E-state index contributed by atoms with van der Waals surface area (Å²) in [6.07, 6.45) is 4.68. The molecule has 0 saturated heterocycles. The first-order chi connectivity index (χ1) is 8.07. The molecule has 0 atom stereocenters. The van der Waals surface area contributed by atoms with Gasteiger partial charge in [0, 0.05) is 4.47 Å². The van der Waals surface area contributed by atoms with E-state index in [1.807, 2.05) is 19.1 Å². The SMILES string of the molecule is C=C(C)c1cc(Br)cc(C2(N=C=O)CCC2)c1. The summed E-state index contributed by atoms with van der Waals surface area (Å²) in [6.45, 7) is 5.92. The fourth-order valence-electron chi connectivity index (χ4n) is 2.17. The number of isocyanates is 1. The van der Waals surface area contributed by atoms with Crippen molar-refractivity contribution in [1.82, 2.24) is 0 Å². The van der Waals surface area contributed by atoms with Crippen LogP contribution in [0.4, 0.5) is 0 Å². The molecule has 3 heteroatoms. The van der Waals surface area contributed by atoms with Gasteiger partial charge in [-0.1, -0.05) is 28.1 Å². The number of rotatable bonds is 3. The maximum atomic E-state index is 10.6. The van der Waals surface area contributed by atoms with Crippen LogP contribution in [0.15, 0.2) is 34.2 Å². The number of benzene rings is 1. The lowest BCUT2D eigenvalue weighted by Crippen LogP contribution is -2.31. The number of halogens is 1. The number of hydrogen-bond donors (Lipinski definition) is 0. The molecule has 2 nitrogen and oxygen atoms in total. The Morgan fingerprint density at radius 3 is 2.65 bits per heavy atom. The van der Waals surface area contributed by atoms with Gasteiger partial charge in [0.25, 0.3) is 0 Å². The maximum Gasteiger partial charge on any atom is 0.235 e. The fraction of sp³-hybridized carbons (Fsp3) is 0.357. The number of hydrogen-bond acceptors (Lipinski definition) is 2. The van der Waals surface area contributed by atoms with Crippen LogP contribution in [0.25, 0.3) is 5.57 Å². The Hall–Kier alpha value is -1.18. The van der Waals surface area contributed by atoms with E-state index in [4.69, 9.17) is 0 Å². The highest BCUT2D eigenvalue weighted by Crippen LogP contribution is 2.45. The monoisotopic (exact) mass is 291 g/mol. The second-order valence-corrected chi connectivity index (χ2v) is 5.51. The summed E-state index contributed by atoms with van der Waals surface area (Å²) in [4.78, 5) is 14.6. The molecule has 0 aromatic heterocycles. The third-order valence-corrected chi connectivity index (χ3v) is 3.83. The van der Waals surface area contributed by atoms with Crippen LogP contribution in [0.3, 0.4) is 0 Å². The normalized spacial score (nSPS) is 16.8. The summed E-state index contributed by atoms with van der Waals surface area (Å²) in [6, 6.07) is 6.14. The van der Waals surface area contributed by atoms with Gasteiger partial charge in [-0.15, -0.1) is 0 Å². The molecule has 1 aromatic rings. The van der Waals surface area contributed by atoms with Gasteiger partial charge in [0.15, 0.2) is 0 Å². The topological polar surface area (TPSA) is 29.4 Å². The van der Waals surface area contributed by atoms with Crippen molar-refractivity contribution in [2.75, 3.05) is 0 Å². The zero-order valence-corrected chi connectivity index (χ0v) is 11.4. The largest absolute Gasteiger partial charge is 0.235 e. The van der Waals surface area contributed by atoms with E-state index in [9.17, 15) is 4.79 Å². The van der Waals surface area contributed by atoms with Crippen molar-refractivity contribution in [2.45, 2.75) is 31.7 Å². The van der Waals surface area contributed by atoms with Crippen molar-refractivity contribution in [1.29, 1.82) is 0 Å². The molecular weight excluding hydrogens is 278 g/mol. The van der Waals surface area contributed by atoms with Crippen molar-refractivity contribution in [2.24, 2.45) is 4.99 Å². The number of aliphatic imine (C=N–C) groups is 1. The highest BCUT2D eigenvalue weighted by Gasteiger charge is 2.39. The lowest BCUT2D eigenvalue weighted by atomic mass is 9.72. The molecule has 0 spiro atoms. The minimum absolute atomic E-state index is 0.338. The summed E-state index contributed by atoms with van der Waals surface area (Å²) < 4.78 is 1.00. The van der Waals surface area contributed by atoms with E-state index in [1.165, 1.54) is 0 Å². The predicted molar refractivity (Wildman–Crippen MR) is 72.5 cm³/mol. The first-order valence-electron chi connectivity index (χ1n) is 5.63. The van der Waals surface area contributed by atoms with Crippen LogP contribution in [0, 0.1) is 0 Å². The van der Waals surface area contributed by atoms with Gasteiger partial charge in [0.05, 0.1) is 5.54 Å². The van der Waals surface area contributed by atoms with E-state index < -0.39 is 0 Å². The Labute approximate surface area is 110 Å². The van der Waals surface area contributed by atoms with Gasteiger partial charge in [-0.2, -0.15) is 4.99 Å². The summed E-state index contributed by atoms with van der Waals surface area (Å²) in [5, 5.41) is 0. The Bertz CT molecular complexity index is 511. The summed E-state index contributed by atoms with van der Waals surface area (Å²) in [5.41, 5.74) is 2.84. The highest BCUT2D eigenvalue weighted by atomic mass is 79.9. The smallest absolute Gasteiger partial charge is 0.211 e. The molecule has 0 heterocycles. The molecule has 2 rings (SSSR count). The summed E-state index contributed by atoms with van der Waals surface area (Å²) in [5.74, 6) is 0. The van der Waals surface area contributed by atoms with Crippen LogP contribution in [-0.2, 0) is 10.3 Å². The lowest BCUT2D eigenvalue weighted by Gasteiger charge is -2.37. The van der Waals surface area contributed by atoms with Crippen LogP contribution in [-0.4, -0.2) is 6.08 Å². The quantitative estimate of drug-likeness (QED) is 0.606. The van der Waals surface area contributed by atoms with Crippen LogP contribution >= 0.6 is 15.9 Å². The first kappa shape index (κ1) is 12.3.